The highest BCUT2D eigenvalue weighted by atomic mass is 16.2. The minimum absolute atomic E-state index is 0.0561. The van der Waals surface area contributed by atoms with Gasteiger partial charge in [-0.25, -0.2) is 0 Å². The molecule has 23 heavy (non-hydrogen) atoms. The minimum Gasteiger partial charge on any atom is -0.351 e. The lowest BCUT2D eigenvalue weighted by Gasteiger charge is -2.36. The molecule has 2 rings (SSSR count). The Balaban J connectivity index is 1.77. The van der Waals surface area contributed by atoms with Crippen LogP contribution >= 0.6 is 0 Å². The van der Waals surface area contributed by atoms with Gasteiger partial charge in [0, 0.05) is 25.7 Å². The highest BCUT2D eigenvalue weighted by molar-refractivity contribution is 5.82. The van der Waals surface area contributed by atoms with Crippen LogP contribution in [0.4, 0.5) is 0 Å². The lowest BCUT2D eigenvalue weighted by molar-refractivity contribution is -0.123. The molecule has 1 fully saturated rings. The number of nitrogens with one attached hydrogen (secondary N) is 1. The van der Waals surface area contributed by atoms with E-state index in [-0.39, 0.29) is 11.9 Å². The molecule has 1 amide bonds. The summed E-state index contributed by atoms with van der Waals surface area (Å²) in [5.74, 6) is 1.42. The van der Waals surface area contributed by atoms with E-state index in [9.17, 15) is 4.79 Å². The van der Waals surface area contributed by atoms with Crippen molar-refractivity contribution in [2.75, 3.05) is 19.6 Å². The Hall–Kier alpha value is -1.39. The smallest absolute Gasteiger partial charge is 0.237 e. The minimum atomic E-state index is -0.487. The maximum absolute atomic E-state index is 12.3. The second kappa shape index (κ2) is 8.46. The van der Waals surface area contributed by atoms with Gasteiger partial charge in [0.2, 0.25) is 5.91 Å². The van der Waals surface area contributed by atoms with Crippen LogP contribution in [-0.2, 0) is 11.2 Å². The molecule has 0 bridgehead atoms. The van der Waals surface area contributed by atoms with E-state index in [1.165, 1.54) is 6.42 Å². The van der Waals surface area contributed by atoms with Crippen LogP contribution in [0.15, 0.2) is 30.3 Å². The summed E-state index contributed by atoms with van der Waals surface area (Å²) in [6, 6.07) is 9.57. The quantitative estimate of drug-likeness (QED) is 0.844. The van der Waals surface area contributed by atoms with Gasteiger partial charge in [-0.3, -0.25) is 4.79 Å². The van der Waals surface area contributed by atoms with Crippen molar-refractivity contribution in [3.05, 3.63) is 35.9 Å². The predicted molar refractivity (Wildman–Crippen MR) is 95.1 cm³/mol. The third-order valence-electron chi connectivity index (χ3n) is 4.50. The Bertz CT molecular complexity index is 481. The summed E-state index contributed by atoms with van der Waals surface area (Å²) in [4.78, 5) is 14.7. The number of carbonyl (C=O) groups excluding carboxylic acids is 1. The molecule has 1 aromatic carbocycles. The van der Waals surface area contributed by atoms with E-state index in [4.69, 9.17) is 5.73 Å². The number of amides is 1. The van der Waals surface area contributed by atoms with Crippen molar-refractivity contribution in [2.45, 2.75) is 45.7 Å². The van der Waals surface area contributed by atoms with Gasteiger partial charge in [0.1, 0.15) is 0 Å². The van der Waals surface area contributed by atoms with Gasteiger partial charge in [-0.05, 0) is 37.2 Å². The van der Waals surface area contributed by atoms with Crippen LogP contribution < -0.4 is 11.1 Å². The van der Waals surface area contributed by atoms with E-state index in [0.29, 0.717) is 6.42 Å². The van der Waals surface area contributed by atoms with Crippen LogP contribution in [0, 0.1) is 11.8 Å². The molecule has 0 radical (unpaired) electrons. The second-order valence-electron chi connectivity index (χ2n) is 7.37. The molecule has 1 aromatic rings. The fourth-order valence-corrected chi connectivity index (χ4v) is 3.68. The summed E-state index contributed by atoms with van der Waals surface area (Å²) in [7, 11) is 0. The molecule has 4 heteroatoms. The number of carbonyl (C=O) groups is 1. The first-order valence-electron chi connectivity index (χ1n) is 8.76. The van der Waals surface area contributed by atoms with Crippen LogP contribution in [0.1, 0.15) is 32.8 Å². The van der Waals surface area contributed by atoms with Gasteiger partial charge < -0.3 is 16.0 Å². The Labute approximate surface area is 140 Å². The molecular formula is C19H31N3O. The molecule has 4 unspecified atom stereocenters. The maximum atomic E-state index is 12.3. The Morgan fingerprint density at radius 1 is 1.26 bits per heavy atom. The monoisotopic (exact) mass is 317 g/mol. The van der Waals surface area contributed by atoms with Crippen molar-refractivity contribution in [1.82, 2.24) is 10.2 Å². The maximum Gasteiger partial charge on any atom is 0.237 e. The number of likely N-dealkylation sites (tertiary alicyclic amines) is 1. The standard InChI is InChI=1S/C19H31N3O/c1-14-9-15(2)12-22(11-14)13-16(3)21-19(23)18(20)10-17-7-5-4-6-8-17/h4-8,14-16,18H,9-13,20H2,1-3H3,(H,21,23). The molecule has 3 N–H and O–H groups in total. The van der Waals surface area contributed by atoms with Crippen LogP contribution in [-0.4, -0.2) is 42.5 Å². The first-order valence-corrected chi connectivity index (χ1v) is 8.76. The van der Waals surface area contributed by atoms with Crippen molar-refractivity contribution in [3.8, 4) is 0 Å². The molecule has 0 spiro atoms. The molecule has 0 aliphatic carbocycles. The fraction of sp³-hybridized carbons (Fsp3) is 0.632. The Kier molecular flexibility index (Phi) is 6.60. The number of nitrogens with two attached hydrogens (primary N) is 1. The molecule has 1 aliphatic heterocycles. The Morgan fingerprint density at radius 2 is 1.87 bits per heavy atom. The number of piperidine rings is 1. The molecular weight excluding hydrogens is 286 g/mol. The Morgan fingerprint density at radius 3 is 2.48 bits per heavy atom. The summed E-state index contributed by atoms with van der Waals surface area (Å²) in [6.07, 6.45) is 1.89. The SMILES string of the molecule is CC1CC(C)CN(CC(C)NC(=O)C(N)Cc2ccccc2)C1. The zero-order valence-corrected chi connectivity index (χ0v) is 14.7. The second-order valence-corrected chi connectivity index (χ2v) is 7.37. The van der Waals surface area contributed by atoms with Crippen molar-refractivity contribution >= 4 is 5.91 Å². The number of benzene rings is 1. The summed E-state index contributed by atoms with van der Waals surface area (Å²) in [5, 5.41) is 3.07. The van der Waals surface area contributed by atoms with Gasteiger partial charge in [0.05, 0.1) is 6.04 Å². The number of hydrogen-bond donors (Lipinski definition) is 2. The van der Waals surface area contributed by atoms with E-state index >= 15 is 0 Å². The number of rotatable bonds is 6. The molecule has 128 valence electrons. The number of nitrogens with zero attached hydrogens (tertiary/aromatic N) is 1. The highest BCUT2D eigenvalue weighted by Crippen LogP contribution is 2.20. The number of hydrogen-bond acceptors (Lipinski definition) is 3. The van der Waals surface area contributed by atoms with Crippen molar-refractivity contribution in [3.63, 3.8) is 0 Å². The van der Waals surface area contributed by atoms with Gasteiger partial charge in [0.25, 0.3) is 0 Å². The molecule has 1 aliphatic rings. The third-order valence-corrected chi connectivity index (χ3v) is 4.50. The highest BCUT2D eigenvalue weighted by Gasteiger charge is 2.24. The van der Waals surface area contributed by atoms with Gasteiger partial charge in [0.15, 0.2) is 0 Å². The normalized spacial score (nSPS) is 24.9. The molecule has 0 aromatic heterocycles. The summed E-state index contributed by atoms with van der Waals surface area (Å²) in [5.41, 5.74) is 7.15. The van der Waals surface area contributed by atoms with Gasteiger partial charge >= 0.3 is 0 Å². The average Bonchev–Trinajstić information content (AvgIpc) is 2.46. The van der Waals surface area contributed by atoms with Crippen molar-refractivity contribution < 1.29 is 4.79 Å². The predicted octanol–water partition coefficient (Wildman–Crippen LogP) is 2.04. The van der Waals surface area contributed by atoms with Gasteiger partial charge in [-0.1, -0.05) is 44.2 Å². The molecule has 1 heterocycles. The van der Waals surface area contributed by atoms with E-state index in [1.54, 1.807) is 0 Å². The lowest BCUT2D eigenvalue weighted by atomic mass is 9.92. The third kappa shape index (κ3) is 5.96. The summed E-state index contributed by atoms with van der Waals surface area (Å²) >= 11 is 0. The average molecular weight is 317 g/mol. The van der Waals surface area contributed by atoms with E-state index in [0.717, 1.165) is 37.0 Å². The van der Waals surface area contributed by atoms with E-state index in [1.807, 2.05) is 30.3 Å². The fourth-order valence-electron chi connectivity index (χ4n) is 3.68. The lowest BCUT2D eigenvalue weighted by Crippen LogP contribution is -2.51. The molecule has 0 saturated carbocycles. The first-order chi connectivity index (χ1) is 10.9. The van der Waals surface area contributed by atoms with Crippen LogP contribution in [0.2, 0.25) is 0 Å². The van der Waals surface area contributed by atoms with Crippen LogP contribution in [0.25, 0.3) is 0 Å². The topological polar surface area (TPSA) is 58.4 Å². The summed E-state index contributed by atoms with van der Waals surface area (Å²) < 4.78 is 0. The van der Waals surface area contributed by atoms with Crippen LogP contribution in [0.3, 0.4) is 0 Å². The largest absolute Gasteiger partial charge is 0.351 e. The molecule has 4 atom stereocenters. The summed E-state index contributed by atoms with van der Waals surface area (Å²) in [6.45, 7) is 9.83. The molecule has 1 saturated heterocycles. The van der Waals surface area contributed by atoms with Gasteiger partial charge in [-0.2, -0.15) is 0 Å². The van der Waals surface area contributed by atoms with Gasteiger partial charge in [-0.15, -0.1) is 0 Å². The van der Waals surface area contributed by atoms with Crippen molar-refractivity contribution in [2.24, 2.45) is 17.6 Å². The van der Waals surface area contributed by atoms with E-state index < -0.39 is 6.04 Å². The van der Waals surface area contributed by atoms with Crippen LogP contribution in [0.5, 0.6) is 0 Å². The molecule has 4 nitrogen and oxygen atoms in total. The zero-order chi connectivity index (χ0) is 16.8. The van der Waals surface area contributed by atoms with Crippen molar-refractivity contribution in [1.29, 1.82) is 0 Å². The van der Waals surface area contributed by atoms with E-state index in [2.05, 4.69) is 31.0 Å². The first kappa shape index (κ1) is 18.0. The zero-order valence-electron chi connectivity index (χ0n) is 14.7.